The molecule has 1 aliphatic heterocycles. The van der Waals surface area contributed by atoms with Crippen LogP contribution in [0.2, 0.25) is 0 Å². The minimum Gasteiger partial charge on any atom is -0.313 e. The van der Waals surface area contributed by atoms with Crippen LogP contribution in [0.3, 0.4) is 0 Å². The summed E-state index contributed by atoms with van der Waals surface area (Å²) in [7, 11) is 0. The van der Waals surface area contributed by atoms with E-state index in [1.165, 1.54) is 25.9 Å². The average molecular weight is 168 g/mol. The number of rotatable bonds is 5. The van der Waals surface area contributed by atoms with Crippen LogP contribution in [0.5, 0.6) is 0 Å². The number of hydrogen-bond donors (Lipinski definition) is 1. The Kier molecular flexibility index (Phi) is 4.33. The van der Waals surface area contributed by atoms with Crippen LogP contribution in [0.1, 0.15) is 19.8 Å². The molecular weight excluding hydrogens is 148 g/mol. The van der Waals surface area contributed by atoms with Gasteiger partial charge in [0, 0.05) is 19.1 Å². The van der Waals surface area contributed by atoms with Crippen LogP contribution in [-0.4, -0.2) is 37.1 Å². The van der Waals surface area contributed by atoms with Gasteiger partial charge in [0.05, 0.1) is 0 Å². The van der Waals surface area contributed by atoms with Crippen LogP contribution in [-0.2, 0) is 0 Å². The highest BCUT2D eigenvalue weighted by Gasteiger charge is 2.15. The van der Waals surface area contributed by atoms with E-state index in [1.54, 1.807) is 0 Å². The molecule has 2 nitrogen and oxygen atoms in total. The Labute approximate surface area is 75.6 Å². The van der Waals surface area contributed by atoms with E-state index in [0.29, 0.717) is 0 Å². The van der Waals surface area contributed by atoms with Crippen molar-refractivity contribution in [3.63, 3.8) is 0 Å². The number of hydrogen-bond acceptors (Lipinski definition) is 2. The topological polar surface area (TPSA) is 15.3 Å². The minimum atomic E-state index is 0.727. The van der Waals surface area contributed by atoms with Crippen LogP contribution >= 0.6 is 0 Å². The van der Waals surface area contributed by atoms with E-state index in [4.69, 9.17) is 0 Å². The predicted molar refractivity (Wildman–Crippen MR) is 53.3 cm³/mol. The van der Waals surface area contributed by atoms with Crippen molar-refractivity contribution in [3.8, 4) is 0 Å². The largest absolute Gasteiger partial charge is 0.313 e. The molecule has 1 rings (SSSR count). The summed E-state index contributed by atoms with van der Waals surface area (Å²) < 4.78 is 0. The maximum absolute atomic E-state index is 3.76. The third kappa shape index (κ3) is 2.95. The molecule has 0 aliphatic carbocycles. The van der Waals surface area contributed by atoms with Gasteiger partial charge >= 0.3 is 0 Å². The first-order valence-corrected chi connectivity index (χ1v) is 4.93. The van der Waals surface area contributed by atoms with E-state index in [0.717, 1.165) is 19.1 Å². The molecule has 1 N–H and O–H groups in total. The van der Waals surface area contributed by atoms with Crippen LogP contribution in [0.25, 0.3) is 0 Å². The fraction of sp³-hybridized carbons (Fsp3) is 0.800. The minimum absolute atomic E-state index is 0.727. The Morgan fingerprint density at radius 2 is 2.50 bits per heavy atom. The monoisotopic (exact) mass is 168 g/mol. The molecule has 0 aromatic heterocycles. The van der Waals surface area contributed by atoms with E-state index in [1.807, 2.05) is 6.08 Å². The second-order valence-electron chi connectivity index (χ2n) is 3.43. The van der Waals surface area contributed by atoms with Crippen molar-refractivity contribution in [2.45, 2.75) is 25.8 Å². The van der Waals surface area contributed by atoms with Gasteiger partial charge in [-0.25, -0.2) is 0 Å². The molecule has 1 fully saturated rings. The lowest BCUT2D eigenvalue weighted by Crippen LogP contribution is -2.37. The molecule has 70 valence electrons. The van der Waals surface area contributed by atoms with E-state index in [2.05, 4.69) is 23.7 Å². The summed E-state index contributed by atoms with van der Waals surface area (Å²) in [6.07, 6.45) is 4.67. The van der Waals surface area contributed by atoms with Gasteiger partial charge in [0.1, 0.15) is 0 Å². The van der Waals surface area contributed by atoms with Crippen LogP contribution in [0.15, 0.2) is 12.7 Å². The van der Waals surface area contributed by atoms with E-state index >= 15 is 0 Å². The molecular formula is C10H20N2. The molecule has 0 saturated carbocycles. The van der Waals surface area contributed by atoms with Gasteiger partial charge in [0.25, 0.3) is 0 Å². The van der Waals surface area contributed by atoms with Gasteiger partial charge in [0.15, 0.2) is 0 Å². The van der Waals surface area contributed by atoms with Crippen molar-refractivity contribution in [1.82, 2.24) is 10.2 Å². The Morgan fingerprint density at radius 1 is 1.67 bits per heavy atom. The number of nitrogens with zero attached hydrogens (tertiary/aromatic N) is 1. The number of likely N-dealkylation sites (N-methyl/N-ethyl adjacent to an activating group) is 1. The lowest BCUT2D eigenvalue weighted by atomic mass is 10.2. The quantitative estimate of drug-likeness (QED) is 0.621. The Bertz CT molecular complexity index is 128. The standard InChI is InChI=1S/C10H20N2/c1-3-8-12(4-2)9-10-6-5-7-11-10/h3,10-11H,1,4-9H2,2H3. The van der Waals surface area contributed by atoms with Gasteiger partial charge in [0.2, 0.25) is 0 Å². The summed E-state index contributed by atoms with van der Waals surface area (Å²) in [4.78, 5) is 2.43. The van der Waals surface area contributed by atoms with Crippen molar-refractivity contribution in [2.24, 2.45) is 0 Å². The lowest BCUT2D eigenvalue weighted by molar-refractivity contribution is 0.287. The summed E-state index contributed by atoms with van der Waals surface area (Å²) in [6.45, 7) is 10.5. The molecule has 0 amide bonds. The van der Waals surface area contributed by atoms with Crippen molar-refractivity contribution in [1.29, 1.82) is 0 Å². The van der Waals surface area contributed by atoms with Crippen molar-refractivity contribution in [3.05, 3.63) is 12.7 Å². The second-order valence-corrected chi connectivity index (χ2v) is 3.43. The predicted octanol–water partition coefficient (Wildman–Crippen LogP) is 1.25. The van der Waals surface area contributed by atoms with Crippen molar-refractivity contribution < 1.29 is 0 Å². The third-order valence-corrected chi connectivity index (χ3v) is 2.48. The molecule has 0 bridgehead atoms. The number of nitrogens with one attached hydrogen (secondary N) is 1. The molecule has 0 spiro atoms. The summed E-state index contributed by atoms with van der Waals surface area (Å²) in [5, 5.41) is 3.50. The lowest BCUT2D eigenvalue weighted by Gasteiger charge is -2.22. The fourth-order valence-corrected chi connectivity index (χ4v) is 1.74. The highest BCUT2D eigenvalue weighted by molar-refractivity contribution is 4.80. The first-order chi connectivity index (χ1) is 5.86. The van der Waals surface area contributed by atoms with Gasteiger partial charge in [-0.15, -0.1) is 6.58 Å². The molecule has 0 aromatic rings. The molecule has 1 aliphatic rings. The molecule has 1 unspecified atom stereocenters. The first-order valence-electron chi connectivity index (χ1n) is 4.93. The van der Waals surface area contributed by atoms with Gasteiger partial charge in [-0.1, -0.05) is 13.0 Å². The SMILES string of the molecule is C=CCN(CC)CC1CCCN1. The van der Waals surface area contributed by atoms with Crippen LogP contribution < -0.4 is 5.32 Å². The Balaban J connectivity index is 2.20. The van der Waals surface area contributed by atoms with E-state index in [-0.39, 0.29) is 0 Å². The van der Waals surface area contributed by atoms with E-state index < -0.39 is 0 Å². The smallest absolute Gasteiger partial charge is 0.0195 e. The maximum atomic E-state index is 3.76. The molecule has 0 aromatic carbocycles. The molecule has 1 saturated heterocycles. The molecule has 1 heterocycles. The first kappa shape index (κ1) is 9.75. The molecule has 12 heavy (non-hydrogen) atoms. The zero-order chi connectivity index (χ0) is 8.81. The van der Waals surface area contributed by atoms with Crippen LogP contribution in [0, 0.1) is 0 Å². The fourth-order valence-electron chi connectivity index (χ4n) is 1.74. The van der Waals surface area contributed by atoms with Gasteiger partial charge in [-0.3, -0.25) is 4.90 Å². The molecule has 1 atom stereocenters. The van der Waals surface area contributed by atoms with Gasteiger partial charge in [-0.05, 0) is 25.9 Å². The van der Waals surface area contributed by atoms with Gasteiger partial charge < -0.3 is 5.32 Å². The highest BCUT2D eigenvalue weighted by atomic mass is 15.1. The zero-order valence-corrected chi connectivity index (χ0v) is 8.05. The summed E-state index contributed by atoms with van der Waals surface area (Å²) >= 11 is 0. The molecule has 0 radical (unpaired) electrons. The summed E-state index contributed by atoms with van der Waals surface area (Å²) in [5.74, 6) is 0. The maximum Gasteiger partial charge on any atom is 0.0195 e. The average Bonchev–Trinajstić information content (AvgIpc) is 2.56. The Morgan fingerprint density at radius 3 is 3.00 bits per heavy atom. The highest BCUT2D eigenvalue weighted by Crippen LogP contribution is 2.06. The van der Waals surface area contributed by atoms with Crippen molar-refractivity contribution in [2.75, 3.05) is 26.2 Å². The van der Waals surface area contributed by atoms with E-state index in [9.17, 15) is 0 Å². The normalized spacial score (nSPS) is 23.3. The zero-order valence-electron chi connectivity index (χ0n) is 8.05. The summed E-state index contributed by atoms with van der Waals surface area (Å²) in [5.41, 5.74) is 0. The third-order valence-electron chi connectivity index (χ3n) is 2.48. The van der Waals surface area contributed by atoms with Crippen molar-refractivity contribution >= 4 is 0 Å². The molecule has 2 heteroatoms. The van der Waals surface area contributed by atoms with Crippen LogP contribution in [0.4, 0.5) is 0 Å². The van der Waals surface area contributed by atoms with Gasteiger partial charge in [-0.2, -0.15) is 0 Å². The second kappa shape index (κ2) is 5.33. The Hall–Kier alpha value is -0.340. The summed E-state index contributed by atoms with van der Waals surface area (Å²) in [6, 6.07) is 0.727.